The van der Waals surface area contributed by atoms with Crippen molar-refractivity contribution in [2.75, 3.05) is 19.6 Å². The van der Waals surface area contributed by atoms with Crippen LogP contribution in [0.25, 0.3) is 6.08 Å². The van der Waals surface area contributed by atoms with E-state index in [0.717, 1.165) is 11.1 Å². The Morgan fingerprint density at radius 3 is 2.32 bits per heavy atom. The lowest BCUT2D eigenvalue weighted by atomic mass is 10.0. The zero-order valence-corrected chi connectivity index (χ0v) is 14.7. The number of hydrogen-bond acceptors (Lipinski definition) is 4. The van der Waals surface area contributed by atoms with Crippen LogP contribution in [0.3, 0.4) is 0 Å². The molecule has 0 spiro atoms. The molecule has 0 saturated carbocycles. The number of benzene rings is 2. The third kappa shape index (κ3) is 5.76. The Kier molecular flexibility index (Phi) is 7.23. The third-order valence-electron chi connectivity index (χ3n) is 3.48. The SMILES string of the molecule is COC(=O)c1ccc(/C=C(/Cc2ccccc2)C(=O)OCCCl)cc1. The van der Waals surface area contributed by atoms with Crippen molar-refractivity contribution in [3.05, 3.63) is 76.9 Å². The van der Waals surface area contributed by atoms with Crippen LogP contribution in [0, 0.1) is 0 Å². The predicted octanol–water partition coefficient (Wildman–Crippen LogP) is 3.88. The van der Waals surface area contributed by atoms with Crippen molar-refractivity contribution >= 4 is 29.6 Å². The fraction of sp³-hybridized carbons (Fsp3) is 0.200. The standard InChI is InChI=1S/C20H19ClO4/c1-24-19(22)17-9-7-16(8-10-17)14-18(20(23)25-12-11-21)13-15-5-3-2-4-6-15/h2-10,14H,11-13H2,1H3/b18-14-. The second-order valence-electron chi connectivity index (χ2n) is 5.27. The van der Waals surface area contributed by atoms with Crippen molar-refractivity contribution in [1.82, 2.24) is 0 Å². The Bertz CT molecular complexity index is 736. The first-order chi connectivity index (χ1) is 12.1. The smallest absolute Gasteiger partial charge is 0.337 e. The molecule has 0 saturated heterocycles. The van der Waals surface area contributed by atoms with E-state index in [9.17, 15) is 9.59 Å². The fourth-order valence-corrected chi connectivity index (χ4v) is 2.33. The highest BCUT2D eigenvalue weighted by atomic mass is 35.5. The topological polar surface area (TPSA) is 52.6 Å². The van der Waals surface area contributed by atoms with Crippen LogP contribution >= 0.6 is 11.6 Å². The molecule has 2 aromatic carbocycles. The average Bonchev–Trinajstić information content (AvgIpc) is 2.66. The highest BCUT2D eigenvalue weighted by molar-refractivity contribution is 6.18. The highest BCUT2D eigenvalue weighted by Crippen LogP contribution is 2.15. The molecule has 0 aromatic heterocycles. The number of carbonyl (C=O) groups excluding carboxylic acids is 2. The van der Waals surface area contributed by atoms with Gasteiger partial charge in [0.15, 0.2) is 0 Å². The Balaban J connectivity index is 2.25. The summed E-state index contributed by atoms with van der Waals surface area (Å²) in [6.07, 6.45) is 2.20. The first-order valence-corrected chi connectivity index (χ1v) is 8.33. The molecule has 5 heteroatoms. The largest absolute Gasteiger partial charge is 0.465 e. The van der Waals surface area contributed by atoms with Crippen LogP contribution in [0.1, 0.15) is 21.5 Å². The van der Waals surface area contributed by atoms with Gasteiger partial charge < -0.3 is 9.47 Å². The molecule has 25 heavy (non-hydrogen) atoms. The van der Waals surface area contributed by atoms with E-state index in [1.54, 1.807) is 30.3 Å². The molecule has 0 bridgehead atoms. The second-order valence-corrected chi connectivity index (χ2v) is 5.65. The Morgan fingerprint density at radius 2 is 1.72 bits per heavy atom. The van der Waals surface area contributed by atoms with Crippen LogP contribution in [0.2, 0.25) is 0 Å². The van der Waals surface area contributed by atoms with Crippen LogP contribution in [-0.4, -0.2) is 31.5 Å². The Hall–Kier alpha value is -2.59. The molecule has 0 aliphatic rings. The van der Waals surface area contributed by atoms with Crippen molar-refractivity contribution < 1.29 is 19.1 Å². The van der Waals surface area contributed by atoms with E-state index in [1.165, 1.54) is 7.11 Å². The summed E-state index contributed by atoms with van der Waals surface area (Å²) in [5.41, 5.74) is 2.76. The first kappa shape index (κ1) is 18.7. The number of rotatable bonds is 7. The molecule has 0 heterocycles. The van der Waals surface area contributed by atoms with Gasteiger partial charge in [-0.05, 0) is 29.3 Å². The minimum Gasteiger partial charge on any atom is -0.465 e. The van der Waals surface area contributed by atoms with Crippen molar-refractivity contribution in [2.45, 2.75) is 6.42 Å². The highest BCUT2D eigenvalue weighted by Gasteiger charge is 2.12. The van der Waals surface area contributed by atoms with Crippen molar-refractivity contribution in [1.29, 1.82) is 0 Å². The third-order valence-corrected chi connectivity index (χ3v) is 3.64. The molecule has 0 amide bonds. The van der Waals surface area contributed by atoms with Crippen LogP contribution < -0.4 is 0 Å². The fourth-order valence-electron chi connectivity index (χ4n) is 2.26. The van der Waals surface area contributed by atoms with Gasteiger partial charge in [0.1, 0.15) is 6.61 Å². The maximum Gasteiger partial charge on any atom is 0.337 e. The lowest BCUT2D eigenvalue weighted by Gasteiger charge is -2.08. The summed E-state index contributed by atoms with van der Waals surface area (Å²) in [5, 5.41) is 0. The monoisotopic (exact) mass is 358 g/mol. The van der Waals surface area contributed by atoms with E-state index >= 15 is 0 Å². The van der Waals surface area contributed by atoms with E-state index in [-0.39, 0.29) is 12.5 Å². The molecule has 0 aliphatic heterocycles. The van der Waals surface area contributed by atoms with Gasteiger partial charge in [0.25, 0.3) is 0 Å². The normalized spacial score (nSPS) is 11.0. The number of methoxy groups -OCH3 is 1. The summed E-state index contributed by atoms with van der Waals surface area (Å²) in [7, 11) is 1.33. The van der Waals surface area contributed by atoms with E-state index in [2.05, 4.69) is 4.74 Å². The maximum absolute atomic E-state index is 12.3. The van der Waals surface area contributed by atoms with Crippen LogP contribution in [0.4, 0.5) is 0 Å². The summed E-state index contributed by atoms with van der Waals surface area (Å²) >= 11 is 5.59. The predicted molar refractivity (Wildman–Crippen MR) is 97.6 cm³/mol. The van der Waals surface area contributed by atoms with Crippen LogP contribution in [0.5, 0.6) is 0 Å². The van der Waals surface area contributed by atoms with Gasteiger partial charge in [-0.25, -0.2) is 9.59 Å². The van der Waals surface area contributed by atoms with Crippen molar-refractivity contribution in [2.24, 2.45) is 0 Å². The average molecular weight is 359 g/mol. The summed E-state index contributed by atoms with van der Waals surface area (Å²) < 4.78 is 9.84. The van der Waals surface area contributed by atoms with E-state index in [1.807, 2.05) is 30.3 Å². The molecule has 2 rings (SSSR count). The Morgan fingerprint density at radius 1 is 1.04 bits per heavy atom. The lowest BCUT2D eigenvalue weighted by molar-refractivity contribution is -0.138. The van der Waals surface area contributed by atoms with Crippen molar-refractivity contribution in [3.8, 4) is 0 Å². The molecular weight excluding hydrogens is 340 g/mol. The second kappa shape index (κ2) is 9.64. The quantitative estimate of drug-likeness (QED) is 0.428. The van der Waals surface area contributed by atoms with Gasteiger partial charge in [0.2, 0.25) is 0 Å². The molecule has 4 nitrogen and oxygen atoms in total. The first-order valence-electron chi connectivity index (χ1n) is 7.80. The molecule has 0 aliphatic carbocycles. The van der Waals surface area contributed by atoms with Gasteiger partial charge in [0, 0.05) is 12.0 Å². The lowest BCUT2D eigenvalue weighted by Crippen LogP contribution is -2.11. The molecular formula is C20H19ClO4. The van der Waals surface area contributed by atoms with Gasteiger partial charge in [0.05, 0.1) is 18.6 Å². The van der Waals surface area contributed by atoms with Gasteiger partial charge in [-0.3, -0.25) is 0 Å². The minimum atomic E-state index is -0.401. The van der Waals surface area contributed by atoms with E-state index in [4.69, 9.17) is 16.3 Å². The molecule has 0 N–H and O–H groups in total. The molecule has 0 atom stereocenters. The number of ether oxygens (including phenoxy) is 2. The molecule has 0 fully saturated rings. The van der Waals surface area contributed by atoms with Gasteiger partial charge in [-0.1, -0.05) is 42.5 Å². The Labute approximate surface area is 152 Å². The summed E-state index contributed by atoms with van der Waals surface area (Å²) in [6, 6.07) is 16.5. The van der Waals surface area contributed by atoms with Gasteiger partial charge >= 0.3 is 11.9 Å². The zero-order valence-electron chi connectivity index (χ0n) is 13.9. The van der Waals surface area contributed by atoms with Gasteiger partial charge in [-0.2, -0.15) is 0 Å². The minimum absolute atomic E-state index is 0.161. The summed E-state index contributed by atoms with van der Waals surface area (Å²) in [4.78, 5) is 23.8. The number of halogens is 1. The molecule has 0 unspecified atom stereocenters. The van der Waals surface area contributed by atoms with Crippen LogP contribution in [-0.2, 0) is 20.7 Å². The maximum atomic E-state index is 12.3. The number of esters is 2. The van der Waals surface area contributed by atoms with Gasteiger partial charge in [-0.15, -0.1) is 11.6 Å². The molecule has 130 valence electrons. The number of alkyl halides is 1. The van der Waals surface area contributed by atoms with Crippen LogP contribution in [0.15, 0.2) is 60.2 Å². The van der Waals surface area contributed by atoms with Crippen molar-refractivity contribution in [3.63, 3.8) is 0 Å². The summed E-state index contributed by atoms with van der Waals surface area (Å²) in [5.74, 6) is -0.554. The molecule has 2 aromatic rings. The van der Waals surface area contributed by atoms with E-state index in [0.29, 0.717) is 17.6 Å². The number of carbonyl (C=O) groups is 2. The van der Waals surface area contributed by atoms with E-state index < -0.39 is 11.9 Å². The summed E-state index contributed by atoms with van der Waals surface area (Å²) in [6.45, 7) is 0.161. The number of hydrogen-bond donors (Lipinski definition) is 0. The zero-order chi connectivity index (χ0) is 18.1. The molecule has 0 radical (unpaired) electrons.